The molecule has 7 heteroatoms. The van der Waals surface area contributed by atoms with Crippen molar-refractivity contribution in [2.24, 2.45) is 5.41 Å². The first-order valence-electron chi connectivity index (χ1n) is 9.54. The topological polar surface area (TPSA) is 76.1 Å². The molecular weight excluding hydrogens is 378 g/mol. The van der Waals surface area contributed by atoms with Gasteiger partial charge in [-0.05, 0) is 39.2 Å². The first-order valence-corrected chi connectivity index (χ1v) is 10.7. The summed E-state index contributed by atoms with van der Waals surface area (Å²) in [5, 5.41) is 10.9. The molecule has 1 N–H and O–H groups in total. The highest BCUT2D eigenvalue weighted by Gasteiger charge is 2.49. The molecule has 1 saturated heterocycles. The second kappa shape index (κ2) is 9.65. The molecule has 1 heterocycles. The number of benzene rings is 1. The molecule has 1 aromatic carbocycles. The Morgan fingerprint density at radius 1 is 1.21 bits per heavy atom. The van der Waals surface area contributed by atoms with Gasteiger partial charge in [0.25, 0.3) is 0 Å². The number of nitrogens with zero attached hydrogens (tertiary/aromatic N) is 1. The lowest BCUT2D eigenvalue weighted by Gasteiger charge is -2.42. The number of amides is 1. The molecule has 0 aliphatic carbocycles. The van der Waals surface area contributed by atoms with E-state index in [-0.39, 0.29) is 6.09 Å². The molecule has 0 radical (unpaired) electrons. The maximum absolute atomic E-state index is 12.5. The Kier molecular flexibility index (Phi) is 7.78. The molecule has 2 rings (SSSR count). The zero-order valence-corrected chi connectivity index (χ0v) is 18.0. The fourth-order valence-electron chi connectivity index (χ4n) is 3.31. The van der Waals surface area contributed by atoms with Gasteiger partial charge in [-0.1, -0.05) is 30.3 Å². The van der Waals surface area contributed by atoms with Crippen LogP contribution in [-0.4, -0.2) is 59.7 Å². The Labute approximate surface area is 171 Å². The Bertz CT molecular complexity index is 651. The van der Waals surface area contributed by atoms with E-state index in [1.165, 1.54) is 12.7 Å². The average molecular weight is 410 g/mol. The van der Waals surface area contributed by atoms with Crippen molar-refractivity contribution < 1.29 is 24.2 Å². The lowest BCUT2D eigenvalue weighted by atomic mass is 9.74. The zero-order chi connectivity index (χ0) is 20.8. The molecule has 0 bridgehead atoms. The zero-order valence-electron chi connectivity index (χ0n) is 17.1. The maximum atomic E-state index is 12.5. The van der Waals surface area contributed by atoms with Gasteiger partial charge in [-0.3, -0.25) is 4.79 Å². The highest BCUT2D eigenvalue weighted by Crippen LogP contribution is 2.38. The molecule has 0 spiro atoms. The van der Waals surface area contributed by atoms with Crippen molar-refractivity contribution in [1.82, 2.24) is 4.90 Å². The number of hydrogen-bond donors (Lipinski definition) is 1. The van der Waals surface area contributed by atoms with Crippen LogP contribution in [-0.2, 0) is 20.0 Å². The van der Waals surface area contributed by atoms with Crippen LogP contribution in [0.5, 0.6) is 0 Å². The van der Waals surface area contributed by atoms with Gasteiger partial charge in [0.15, 0.2) is 0 Å². The molecule has 28 heavy (non-hydrogen) atoms. The van der Waals surface area contributed by atoms with Crippen LogP contribution in [0, 0.1) is 5.41 Å². The van der Waals surface area contributed by atoms with Crippen molar-refractivity contribution in [2.75, 3.05) is 26.0 Å². The van der Waals surface area contributed by atoms with E-state index in [0.29, 0.717) is 31.7 Å². The fraction of sp³-hybridized carbons (Fsp3) is 0.619. The van der Waals surface area contributed by atoms with E-state index in [4.69, 9.17) is 9.47 Å². The minimum absolute atomic E-state index is 0.352. The van der Waals surface area contributed by atoms with Gasteiger partial charge in [-0.2, -0.15) is 11.8 Å². The van der Waals surface area contributed by atoms with Crippen LogP contribution in [0.2, 0.25) is 0 Å². The number of carbonyl (C=O) groups excluding carboxylic acids is 2. The number of likely N-dealkylation sites (tertiary alicyclic amines) is 1. The second-order valence-corrected chi connectivity index (χ2v) is 9.16. The summed E-state index contributed by atoms with van der Waals surface area (Å²) >= 11 is 1.59. The summed E-state index contributed by atoms with van der Waals surface area (Å²) in [6, 6.07) is 10.0. The van der Waals surface area contributed by atoms with Crippen LogP contribution in [0.3, 0.4) is 0 Å². The van der Waals surface area contributed by atoms with Crippen LogP contribution in [0.4, 0.5) is 4.79 Å². The number of ether oxygens (including phenoxy) is 2. The van der Waals surface area contributed by atoms with Crippen LogP contribution in [0.15, 0.2) is 30.3 Å². The smallest absolute Gasteiger partial charge is 0.410 e. The van der Waals surface area contributed by atoms with Crippen molar-refractivity contribution in [1.29, 1.82) is 0 Å². The number of piperidine rings is 1. The molecule has 1 unspecified atom stereocenters. The van der Waals surface area contributed by atoms with Gasteiger partial charge in [-0.15, -0.1) is 0 Å². The SMILES string of the molecule is COC(=O)C1(C(O)CSCc2ccccc2)CCN(C(=O)OC(C)(C)C)CC1. The molecule has 1 atom stereocenters. The summed E-state index contributed by atoms with van der Waals surface area (Å²) in [5.41, 5.74) is -0.384. The monoisotopic (exact) mass is 409 g/mol. The lowest BCUT2D eigenvalue weighted by molar-refractivity contribution is -0.164. The highest BCUT2D eigenvalue weighted by molar-refractivity contribution is 7.98. The highest BCUT2D eigenvalue weighted by atomic mass is 32.2. The summed E-state index contributed by atoms with van der Waals surface area (Å²) in [7, 11) is 1.34. The quantitative estimate of drug-likeness (QED) is 0.725. The minimum Gasteiger partial charge on any atom is -0.469 e. The largest absolute Gasteiger partial charge is 0.469 e. The second-order valence-electron chi connectivity index (χ2n) is 8.13. The molecule has 6 nitrogen and oxygen atoms in total. The van der Waals surface area contributed by atoms with E-state index in [1.807, 2.05) is 51.1 Å². The molecule has 156 valence electrons. The van der Waals surface area contributed by atoms with Crippen molar-refractivity contribution in [3.05, 3.63) is 35.9 Å². The van der Waals surface area contributed by atoms with E-state index in [9.17, 15) is 14.7 Å². The molecule has 1 aromatic rings. The van der Waals surface area contributed by atoms with Crippen LogP contribution in [0.25, 0.3) is 0 Å². The van der Waals surface area contributed by atoms with Gasteiger partial charge in [-0.25, -0.2) is 4.79 Å². The number of rotatable bonds is 6. The summed E-state index contributed by atoms with van der Waals surface area (Å²) in [5.74, 6) is 0.777. The molecule has 1 amide bonds. The van der Waals surface area contributed by atoms with E-state index < -0.39 is 23.1 Å². The van der Waals surface area contributed by atoms with Crippen molar-refractivity contribution in [2.45, 2.75) is 51.1 Å². The first-order chi connectivity index (χ1) is 13.2. The maximum Gasteiger partial charge on any atom is 0.410 e. The molecule has 1 aliphatic rings. The summed E-state index contributed by atoms with van der Waals surface area (Å²) in [6.07, 6.45) is -0.522. The van der Waals surface area contributed by atoms with Crippen LogP contribution >= 0.6 is 11.8 Å². The summed E-state index contributed by atoms with van der Waals surface area (Å²) in [6.45, 7) is 6.17. The summed E-state index contributed by atoms with van der Waals surface area (Å²) < 4.78 is 10.4. The van der Waals surface area contributed by atoms with Crippen molar-refractivity contribution in [3.8, 4) is 0 Å². The average Bonchev–Trinajstić information content (AvgIpc) is 2.66. The molecular formula is C21H31NO5S. The first kappa shape index (κ1) is 22.6. The Morgan fingerprint density at radius 3 is 2.36 bits per heavy atom. The third kappa shape index (κ3) is 5.88. The van der Waals surface area contributed by atoms with Crippen LogP contribution < -0.4 is 0 Å². The van der Waals surface area contributed by atoms with Gasteiger partial charge < -0.3 is 19.5 Å². The van der Waals surface area contributed by atoms with E-state index in [1.54, 1.807) is 16.7 Å². The van der Waals surface area contributed by atoms with Crippen molar-refractivity contribution >= 4 is 23.8 Å². The third-order valence-corrected chi connectivity index (χ3v) is 6.01. The number of hydrogen-bond acceptors (Lipinski definition) is 6. The number of carbonyl (C=O) groups is 2. The number of esters is 1. The molecule has 1 aliphatic heterocycles. The Morgan fingerprint density at radius 2 is 1.82 bits per heavy atom. The van der Waals surface area contributed by atoms with E-state index >= 15 is 0 Å². The van der Waals surface area contributed by atoms with Crippen molar-refractivity contribution in [3.63, 3.8) is 0 Å². The normalized spacial score (nSPS) is 17.7. The lowest BCUT2D eigenvalue weighted by Crippen LogP contribution is -2.53. The van der Waals surface area contributed by atoms with Gasteiger partial charge in [0.2, 0.25) is 0 Å². The predicted molar refractivity (Wildman–Crippen MR) is 110 cm³/mol. The Hall–Kier alpha value is -1.73. The number of methoxy groups -OCH3 is 1. The van der Waals surface area contributed by atoms with E-state index in [2.05, 4.69) is 0 Å². The molecule has 0 saturated carbocycles. The van der Waals surface area contributed by atoms with Gasteiger partial charge in [0.05, 0.1) is 18.6 Å². The number of aliphatic hydroxyl groups excluding tert-OH is 1. The van der Waals surface area contributed by atoms with Gasteiger partial charge in [0.1, 0.15) is 5.60 Å². The number of aliphatic hydroxyl groups is 1. The van der Waals surface area contributed by atoms with Gasteiger partial charge >= 0.3 is 12.1 Å². The number of thioether (sulfide) groups is 1. The molecule has 1 fully saturated rings. The van der Waals surface area contributed by atoms with Gasteiger partial charge in [0, 0.05) is 24.6 Å². The minimum atomic E-state index is -0.989. The summed E-state index contributed by atoms with van der Waals surface area (Å²) in [4.78, 5) is 26.4. The van der Waals surface area contributed by atoms with E-state index in [0.717, 1.165) is 5.75 Å². The molecule has 0 aromatic heterocycles. The standard InChI is InChI=1S/C21H31NO5S/c1-20(2,3)27-19(25)22-12-10-21(11-13-22,18(24)26-4)17(23)15-28-14-16-8-6-5-7-9-16/h5-9,17,23H,10-15H2,1-4H3. The van der Waals surface area contributed by atoms with Crippen LogP contribution in [0.1, 0.15) is 39.2 Å². The third-order valence-electron chi connectivity index (χ3n) is 4.92. The fourth-order valence-corrected chi connectivity index (χ4v) is 4.40. The Balaban J connectivity index is 1.97. The predicted octanol–water partition coefficient (Wildman–Crippen LogP) is 3.47.